The van der Waals surface area contributed by atoms with Gasteiger partial charge in [0.1, 0.15) is 10.9 Å². The summed E-state index contributed by atoms with van der Waals surface area (Å²) in [4.78, 5) is 21.4. The lowest BCUT2D eigenvalue weighted by atomic mass is 10.2. The normalized spacial score (nSPS) is 12.1. The van der Waals surface area contributed by atoms with Crippen molar-refractivity contribution in [3.8, 4) is 0 Å². The Balaban J connectivity index is 1.71. The van der Waals surface area contributed by atoms with Gasteiger partial charge in [0.05, 0.1) is 10.8 Å². The molecule has 3 rings (SSSR count). The van der Waals surface area contributed by atoms with Crippen LogP contribution in [0.25, 0.3) is 10.9 Å². The molecule has 0 radical (unpaired) electrons. The van der Waals surface area contributed by atoms with Gasteiger partial charge < -0.3 is 5.32 Å². The molecule has 1 aromatic heterocycles. The number of thioether (sulfide) groups is 1. The zero-order valence-electron chi connectivity index (χ0n) is 14.0. The van der Waals surface area contributed by atoms with Crippen LogP contribution in [-0.4, -0.2) is 21.1 Å². The molecule has 0 bridgehead atoms. The van der Waals surface area contributed by atoms with Gasteiger partial charge in [0.2, 0.25) is 5.91 Å². The molecule has 0 unspecified atom stereocenters. The number of aromatic nitrogens is 2. The number of benzene rings is 2. The number of fused-ring (bicyclic) bond motifs is 1. The van der Waals surface area contributed by atoms with E-state index < -0.39 is 0 Å². The van der Waals surface area contributed by atoms with Crippen molar-refractivity contribution in [3.63, 3.8) is 0 Å². The van der Waals surface area contributed by atoms with Gasteiger partial charge in [-0.2, -0.15) is 0 Å². The summed E-state index contributed by atoms with van der Waals surface area (Å²) in [5.74, 6) is 0.648. The van der Waals surface area contributed by atoms with E-state index in [2.05, 4.69) is 15.3 Å². The van der Waals surface area contributed by atoms with Crippen LogP contribution in [0.1, 0.15) is 18.3 Å². The topological polar surface area (TPSA) is 54.9 Å². The first-order valence-electron chi connectivity index (χ1n) is 7.96. The lowest BCUT2D eigenvalue weighted by Crippen LogP contribution is -2.30. The second kappa shape index (κ2) is 7.85. The third-order valence-electron chi connectivity index (χ3n) is 3.75. The molecule has 0 fully saturated rings. The minimum atomic E-state index is -0.278. The van der Waals surface area contributed by atoms with E-state index in [1.165, 1.54) is 11.8 Å². The van der Waals surface area contributed by atoms with Gasteiger partial charge in [0.25, 0.3) is 0 Å². The molecule has 1 atom stereocenters. The van der Waals surface area contributed by atoms with Crippen molar-refractivity contribution in [1.82, 2.24) is 15.3 Å². The van der Waals surface area contributed by atoms with Crippen LogP contribution in [-0.2, 0) is 11.3 Å². The average Bonchev–Trinajstić information content (AvgIpc) is 2.60. The first-order valence-corrected chi connectivity index (χ1v) is 9.21. The third-order valence-corrected chi connectivity index (χ3v) is 5.22. The molecule has 0 saturated heterocycles. The SMILES string of the molecule is Cc1nc(S[C@H](C)C(=O)NCc2ccccc2Cl)c2ccccc2n1. The van der Waals surface area contributed by atoms with Gasteiger partial charge in [-0.15, -0.1) is 0 Å². The summed E-state index contributed by atoms with van der Waals surface area (Å²) < 4.78 is 0. The van der Waals surface area contributed by atoms with Crippen LogP contribution in [0.15, 0.2) is 53.6 Å². The van der Waals surface area contributed by atoms with Crippen LogP contribution in [0.5, 0.6) is 0 Å². The van der Waals surface area contributed by atoms with E-state index in [0.29, 0.717) is 17.4 Å². The molecule has 1 N–H and O–H groups in total. The highest BCUT2D eigenvalue weighted by Crippen LogP contribution is 2.28. The minimum absolute atomic E-state index is 0.0507. The molecule has 2 aromatic carbocycles. The number of hydrogen-bond donors (Lipinski definition) is 1. The molecule has 4 nitrogen and oxygen atoms in total. The van der Waals surface area contributed by atoms with Crippen LogP contribution in [0, 0.1) is 6.92 Å². The number of carbonyl (C=O) groups excluding carboxylic acids is 1. The fourth-order valence-electron chi connectivity index (χ4n) is 2.44. The molecular weight excluding hydrogens is 354 g/mol. The minimum Gasteiger partial charge on any atom is -0.351 e. The quantitative estimate of drug-likeness (QED) is 0.534. The van der Waals surface area contributed by atoms with E-state index >= 15 is 0 Å². The summed E-state index contributed by atoms with van der Waals surface area (Å²) in [5.41, 5.74) is 1.79. The Morgan fingerprint density at radius 2 is 1.88 bits per heavy atom. The zero-order chi connectivity index (χ0) is 17.8. The Bertz CT molecular complexity index is 916. The Hall–Kier alpha value is -2.11. The second-order valence-electron chi connectivity index (χ2n) is 5.66. The van der Waals surface area contributed by atoms with Crippen LogP contribution >= 0.6 is 23.4 Å². The summed E-state index contributed by atoms with van der Waals surface area (Å²) in [6.07, 6.45) is 0. The van der Waals surface area contributed by atoms with Crippen molar-refractivity contribution in [1.29, 1.82) is 0 Å². The number of hydrogen-bond acceptors (Lipinski definition) is 4. The molecule has 0 spiro atoms. The van der Waals surface area contributed by atoms with Gasteiger partial charge in [-0.1, -0.05) is 59.8 Å². The summed E-state index contributed by atoms with van der Waals surface area (Å²) in [7, 11) is 0. The molecule has 0 aliphatic heterocycles. The van der Waals surface area contributed by atoms with Crippen molar-refractivity contribution >= 4 is 40.2 Å². The van der Waals surface area contributed by atoms with E-state index in [1.807, 2.05) is 62.4 Å². The molecular formula is C19H18ClN3OS. The maximum Gasteiger partial charge on any atom is 0.233 e. The summed E-state index contributed by atoms with van der Waals surface area (Å²) in [6.45, 7) is 4.14. The highest BCUT2D eigenvalue weighted by Gasteiger charge is 2.17. The summed E-state index contributed by atoms with van der Waals surface area (Å²) in [5, 5.41) is 5.10. The Morgan fingerprint density at radius 3 is 2.68 bits per heavy atom. The van der Waals surface area contributed by atoms with E-state index in [4.69, 9.17) is 11.6 Å². The molecule has 1 heterocycles. The fraction of sp³-hybridized carbons (Fsp3) is 0.211. The lowest BCUT2D eigenvalue weighted by Gasteiger charge is -2.13. The Labute approximate surface area is 156 Å². The molecule has 0 saturated carbocycles. The van der Waals surface area contributed by atoms with Crippen LogP contribution in [0.2, 0.25) is 5.02 Å². The number of amides is 1. The van der Waals surface area contributed by atoms with Crippen LogP contribution in [0.4, 0.5) is 0 Å². The maximum atomic E-state index is 12.4. The van der Waals surface area contributed by atoms with Crippen molar-refractivity contribution in [2.75, 3.05) is 0 Å². The first kappa shape index (κ1) is 17.7. The van der Waals surface area contributed by atoms with Crippen molar-refractivity contribution < 1.29 is 4.79 Å². The fourth-order valence-corrected chi connectivity index (χ4v) is 3.65. The van der Waals surface area contributed by atoms with E-state index in [9.17, 15) is 4.79 Å². The highest BCUT2D eigenvalue weighted by atomic mass is 35.5. The van der Waals surface area contributed by atoms with Crippen molar-refractivity contribution in [2.24, 2.45) is 0 Å². The molecule has 1 amide bonds. The average molecular weight is 372 g/mol. The van der Waals surface area contributed by atoms with Gasteiger partial charge in [-0.25, -0.2) is 9.97 Å². The molecule has 3 aromatic rings. The smallest absolute Gasteiger partial charge is 0.233 e. The lowest BCUT2D eigenvalue weighted by molar-refractivity contribution is -0.120. The standard InChI is InChI=1S/C19H18ClN3OS/c1-12(18(24)21-11-14-7-3-5-9-16(14)20)25-19-15-8-4-6-10-17(15)22-13(2)23-19/h3-10,12H,11H2,1-2H3,(H,21,24)/t12-/m1/s1. The van der Waals surface area contributed by atoms with Gasteiger partial charge >= 0.3 is 0 Å². The predicted molar refractivity (Wildman–Crippen MR) is 103 cm³/mol. The number of halogens is 1. The largest absolute Gasteiger partial charge is 0.351 e. The number of para-hydroxylation sites is 1. The van der Waals surface area contributed by atoms with Gasteiger partial charge in [0.15, 0.2) is 0 Å². The molecule has 0 aliphatic carbocycles. The molecule has 0 aliphatic rings. The zero-order valence-corrected chi connectivity index (χ0v) is 15.6. The van der Waals surface area contributed by atoms with Gasteiger partial charge in [-0.3, -0.25) is 4.79 Å². The molecule has 25 heavy (non-hydrogen) atoms. The van der Waals surface area contributed by atoms with Gasteiger partial charge in [-0.05, 0) is 31.5 Å². The Morgan fingerprint density at radius 1 is 1.16 bits per heavy atom. The number of nitrogens with zero attached hydrogens (tertiary/aromatic N) is 2. The second-order valence-corrected chi connectivity index (χ2v) is 7.40. The van der Waals surface area contributed by atoms with Crippen LogP contribution in [0.3, 0.4) is 0 Å². The monoisotopic (exact) mass is 371 g/mol. The highest BCUT2D eigenvalue weighted by molar-refractivity contribution is 8.00. The van der Waals surface area contributed by atoms with E-state index in [1.54, 1.807) is 0 Å². The number of carbonyl (C=O) groups is 1. The predicted octanol–water partition coefficient (Wildman–Crippen LogP) is 4.39. The molecule has 6 heteroatoms. The van der Waals surface area contributed by atoms with Gasteiger partial charge in [0, 0.05) is 17.0 Å². The van der Waals surface area contributed by atoms with E-state index in [0.717, 1.165) is 21.5 Å². The summed E-state index contributed by atoms with van der Waals surface area (Å²) in [6, 6.07) is 15.3. The molecule has 128 valence electrons. The number of aryl methyl sites for hydroxylation is 1. The van der Waals surface area contributed by atoms with E-state index in [-0.39, 0.29) is 11.2 Å². The third kappa shape index (κ3) is 4.30. The number of rotatable bonds is 5. The first-order chi connectivity index (χ1) is 12.0. The number of nitrogens with one attached hydrogen (secondary N) is 1. The van der Waals surface area contributed by atoms with Crippen molar-refractivity contribution in [2.45, 2.75) is 30.7 Å². The van der Waals surface area contributed by atoms with Crippen molar-refractivity contribution in [3.05, 3.63) is 64.9 Å². The van der Waals surface area contributed by atoms with Crippen LogP contribution < -0.4 is 5.32 Å². The summed E-state index contributed by atoms with van der Waals surface area (Å²) >= 11 is 7.56. The maximum absolute atomic E-state index is 12.4. The Kier molecular flexibility index (Phi) is 5.56.